The molecule has 1 aliphatic heterocycles. The van der Waals surface area contributed by atoms with E-state index in [-0.39, 0.29) is 0 Å². The van der Waals surface area contributed by atoms with Crippen LogP contribution >= 0.6 is 0 Å². The van der Waals surface area contributed by atoms with E-state index in [4.69, 9.17) is 9.84 Å². The van der Waals surface area contributed by atoms with Crippen LogP contribution in [0.4, 0.5) is 0 Å². The van der Waals surface area contributed by atoms with Gasteiger partial charge in [-0.15, -0.1) is 6.58 Å². The summed E-state index contributed by atoms with van der Waals surface area (Å²) in [5, 5.41) is 37.1. The summed E-state index contributed by atoms with van der Waals surface area (Å²) in [6.07, 6.45) is -3.25. The third-order valence-corrected chi connectivity index (χ3v) is 2.39. The molecule has 1 aliphatic rings. The van der Waals surface area contributed by atoms with Crippen molar-refractivity contribution in [2.45, 2.75) is 36.9 Å². The summed E-state index contributed by atoms with van der Waals surface area (Å²) in [6.45, 7) is 3.10. The number of ether oxygens (including phenoxy) is 1. The molecule has 0 aliphatic carbocycles. The zero-order valence-corrected chi connectivity index (χ0v) is 7.78. The lowest BCUT2D eigenvalue weighted by Gasteiger charge is -2.39. The number of aliphatic hydroxyl groups is 4. The molecule has 1 heterocycles. The maximum absolute atomic E-state index is 9.49. The van der Waals surface area contributed by atoms with Crippen LogP contribution in [0.1, 0.15) is 6.42 Å². The molecular weight excluding hydrogens is 188 g/mol. The van der Waals surface area contributed by atoms with E-state index < -0.39 is 37.1 Å². The van der Waals surface area contributed by atoms with Gasteiger partial charge in [0.1, 0.15) is 24.4 Å². The zero-order valence-electron chi connectivity index (χ0n) is 7.78. The molecular formula is C9H16O5. The van der Waals surface area contributed by atoms with E-state index in [2.05, 4.69) is 6.58 Å². The minimum atomic E-state index is -1.29. The lowest BCUT2D eigenvalue weighted by Crippen LogP contribution is -2.58. The molecule has 1 fully saturated rings. The summed E-state index contributed by atoms with van der Waals surface area (Å²) in [7, 11) is 0. The zero-order chi connectivity index (χ0) is 10.7. The molecule has 5 heteroatoms. The third kappa shape index (κ3) is 2.13. The summed E-state index contributed by atoms with van der Waals surface area (Å²) in [5.41, 5.74) is 0. The quantitative estimate of drug-likeness (QED) is 0.416. The first-order chi connectivity index (χ1) is 6.61. The molecule has 0 spiro atoms. The molecule has 82 valence electrons. The van der Waals surface area contributed by atoms with E-state index >= 15 is 0 Å². The van der Waals surface area contributed by atoms with Crippen LogP contribution in [0.15, 0.2) is 12.7 Å². The molecule has 3 unspecified atom stereocenters. The Balaban J connectivity index is 2.67. The molecule has 1 rings (SSSR count). The van der Waals surface area contributed by atoms with Crippen LogP contribution in [-0.2, 0) is 4.74 Å². The SMILES string of the molecule is C=CC[C@H]1OC(CO)C(O)C(O)[C@H]1O. The second-order valence-electron chi connectivity index (χ2n) is 3.39. The van der Waals surface area contributed by atoms with Crippen molar-refractivity contribution in [3.05, 3.63) is 12.7 Å². The Bertz CT molecular complexity index is 194. The average molecular weight is 204 g/mol. The van der Waals surface area contributed by atoms with Crippen LogP contribution in [0, 0.1) is 0 Å². The summed E-state index contributed by atoms with van der Waals surface area (Å²) in [4.78, 5) is 0. The third-order valence-electron chi connectivity index (χ3n) is 2.39. The maximum atomic E-state index is 9.49. The van der Waals surface area contributed by atoms with E-state index in [0.29, 0.717) is 6.42 Å². The summed E-state index contributed by atoms with van der Waals surface area (Å²) in [6, 6.07) is 0. The highest BCUT2D eigenvalue weighted by atomic mass is 16.5. The smallest absolute Gasteiger partial charge is 0.111 e. The van der Waals surface area contributed by atoms with Crippen LogP contribution in [0.5, 0.6) is 0 Å². The van der Waals surface area contributed by atoms with Gasteiger partial charge in [-0.3, -0.25) is 0 Å². The van der Waals surface area contributed by atoms with Crippen molar-refractivity contribution in [2.24, 2.45) is 0 Å². The molecule has 0 aromatic rings. The minimum absolute atomic E-state index is 0.363. The Morgan fingerprint density at radius 2 is 1.64 bits per heavy atom. The first-order valence-corrected chi connectivity index (χ1v) is 4.53. The molecule has 5 nitrogen and oxygen atoms in total. The van der Waals surface area contributed by atoms with Gasteiger partial charge in [0, 0.05) is 0 Å². The van der Waals surface area contributed by atoms with Crippen molar-refractivity contribution in [1.29, 1.82) is 0 Å². The Labute approximate surface area is 82.3 Å². The van der Waals surface area contributed by atoms with E-state index in [1.807, 2.05) is 0 Å². The Morgan fingerprint density at radius 3 is 2.14 bits per heavy atom. The molecule has 0 amide bonds. The van der Waals surface area contributed by atoms with Gasteiger partial charge < -0.3 is 25.2 Å². The van der Waals surface area contributed by atoms with Gasteiger partial charge in [0.2, 0.25) is 0 Å². The molecule has 0 bridgehead atoms. The molecule has 4 N–H and O–H groups in total. The molecule has 0 saturated carbocycles. The highest BCUT2D eigenvalue weighted by molar-refractivity contribution is 4.94. The van der Waals surface area contributed by atoms with Crippen molar-refractivity contribution in [3.8, 4) is 0 Å². The molecule has 1 saturated heterocycles. The molecule has 14 heavy (non-hydrogen) atoms. The predicted octanol–water partition coefficient (Wildman–Crippen LogP) is -1.60. The number of rotatable bonds is 3. The Kier molecular flexibility index (Phi) is 4.03. The van der Waals surface area contributed by atoms with E-state index in [1.54, 1.807) is 6.08 Å². The van der Waals surface area contributed by atoms with Crippen molar-refractivity contribution in [3.63, 3.8) is 0 Å². The number of hydrogen-bond acceptors (Lipinski definition) is 5. The largest absolute Gasteiger partial charge is 0.394 e. The average Bonchev–Trinajstić information content (AvgIpc) is 2.19. The van der Waals surface area contributed by atoms with Crippen molar-refractivity contribution in [2.75, 3.05) is 6.61 Å². The van der Waals surface area contributed by atoms with Crippen molar-refractivity contribution < 1.29 is 25.2 Å². The molecule has 0 radical (unpaired) electrons. The van der Waals surface area contributed by atoms with Gasteiger partial charge in [0.05, 0.1) is 12.7 Å². The second-order valence-corrected chi connectivity index (χ2v) is 3.39. The lowest BCUT2D eigenvalue weighted by molar-refractivity contribution is -0.227. The summed E-state index contributed by atoms with van der Waals surface area (Å²) >= 11 is 0. The number of hydrogen-bond donors (Lipinski definition) is 4. The Morgan fingerprint density at radius 1 is 1.07 bits per heavy atom. The number of aliphatic hydroxyl groups excluding tert-OH is 4. The fraction of sp³-hybridized carbons (Fsp3) is 0.778. The monoisotopic (exact) mass is 204 g/mol. The molecule has 0 aromatic heterocycles. The van der Waals surface area contributed by atoms with Crippen LogP contribution in [0.2, 0.25) is 0 Å². The van der Waals surface area contributed by atoms with Crippen molar-refractivity contribution in [1.82, 2.24) is 0 Å². The van der Waals surface area contributed by atoms with Crippen LogP contribution in [0.3, 0.4) is 0 Å². The second kappa shape index (κ2) is 4.86. The lowest BCUT2D eigenvalue weighted by atomic mass is 9.94. The highest BCUT2D eigenvalue weighted by Gasteiger charge is 2.42. The summed E-state index contributed by atoms with van der Waals surface area (Å²) < 4.78 is 5.19. The Hall–Kier alpha value is -0.460. The first-order valence-electron chi connectivity index (χ1n) is 4.53. The van der Waals surface area contributed by atoms with E-state index in [9.17, 15) is 15.3 Å². The van der Waals surface area contributed by atoms with Gasteiger partial charge in [0.25, 0.3) is 0 Å². The van der Waals surface area contributed by atoms with Gasteiger partial charge in [-0.25, -0.2) is 0 Å². The van der Waals surface area contributed by atoms with Crippen LogP contribution in [-0.4, -0.2) is 57.6 Å². The molecule has 5 atom stereocenters. The summed E-state index contributed by atoms with van der Waals surface area (Å²) in [5.74, 6) is 0. The van der Waals surface area contributed by atoms with Gasteiger partial charge in [-0.1, -0.05) is 6.08 Å². The highest BCUT2D eigenvalue weighted by Crippen LogP contribution is 2.22. The van der Waals surface area contributed by atoms with Crippen LogP contribution < -0.4 is 0 Å². The maximum Gasteiger partial charge on any atom is 0.111 e. The fourth-order valence-corrected chi connectivity index (χ4v) is 1.54. The van der Waals surface area contributed by atoms with Crippen LogP contribution in [0.25, 0.3) is 0 Å². The van der Waals surface area contributed by atoms with Gasteiger partial charge >= 0.3 is 0 Å². The van der Waals surface area contributed by atoms with Gasteiger partial charge in [-0.2, -0.15) is 0 Å². The van der Waals surface area contributed by atoms with E-state index in [1.165, 1.54) is 0 Å². The first kappa shape index (κ1) is 11.6. The van der Waals surface area contributed by atoms with Crippen molar-refractivity contribution >= 4 is 0 Å². The van der Waals surface area contributed by atoms with Gasteiger partial charge in [-0.05, 0) is 6.42 Å². The standard InChI is InChI=1S/C9H16O5/c1-2-3-5-7(11)9(13)8(12)6(4-10)14-5/h2,5-13H,1,3-4H2/t5-,6?,7+,8?,9?/m1/s1. The minimum Gasteiger partial charge on any atom is -0.394 e. The topological polar surface area (TPSA) is 90.2 Å². The fourth-order valence-electron chi connectivity index (χ4n) is 1.54. The van der Waals surface area contributed by atoms with Gasteiger partial charge in [0.15, 0.2) is 0 Å². The molecule has 0 aromatic carbocycles. The predicted molar refractivity (Wildman–Crippen MR) is 48.6 cm³/mol. The normalized spacial score (nSPS) is 43.6. The van der Waals surface area contributed by atoms with E-state index in [0.717, 1.165) is 0 Å².